The average molecular weight is 333 g/mol. The average Bonchev–Trinajstić information content (AvgIpc) is 3.08. The Labute approximate surface area is 133 Å². The van der Waals surface area contributed by atoms with E-state index in [0.717, 1.165) is 12.8 Å². The van der Waals surface area contributed by atoms with Crippen LogP contribution in [0.3, 0.4) is 0 Å². The van der Waals surface area contributed by atoms with Crippen LogP contribution in [-0.2, 0) is 4.79 Å². The Bertz CT molecular complexity index is 511. The molecule has 0 aromatic rings. The zero-order valence-corrected chi connectivity index (χ0v) is 13.2. The molecule has 5 nitrogen and oxygen atoms in total. The van der Waals surface area contributed by atoms with Crippen LogP contribution >= 0.6 is 0 Å². The van der Waals surface area contributed by atoms with Gasteiger partial charge < -0.3 is 4.90 Å². The molecule has 23 heavy (non-hydrogen) atoms. The molecule has 0 N–H and O–H groups in total. The highest BCUT2D eigenvalue weighted by molar-refractivity contribution is 6.07. The SMILES string of the molecule is CCC[C@]12CCCN1C(=O)N([C@H]1CCN(CC(F)(F)F)C1)C2=O. The molecule has 0 bridgehead atoms. The van der Waals surface area contributed by atoms with E-state index >= 15 is 0 Å². The van der Waals surface area contributed by atoms with Crippen molar-refractivity contribution in [3.63, 3.8) is 0 Å². The first-order valence-electron chi connectivity index (χ1n) is 8.23. The van der Waals surface area contributed by atoms with Gasteiger partial charge >= 0.3 is 12.2 Å². The molecule has 3 amide bonds. The van der Waals surface area contributed by atoms with Crippen LogP contribution in [0.2, 0.25) is 0 Å². The smallest absolute Gasteiger partial charge is 0.310 e. The summed E-state index contributed by atoms with van der Waals surface area (Å²) in [6.45, 7) is 1.95. The van der Waals surface area contributed by atoms with Gasteiger partial charge in [-0.25, -0.2) is 4.79 Å². The summed E-state index contributed by atoms with van der Waals surface area (Å²) < 4.78 is 37.6. The fourth-order valence-corrected chi connectivity index (χ4v) is 4.34. The molecule has 0 aliphatic carbocycles. The lowest BCUT2D eigenvalue weighted by atomic mass is 9.90. The molecule has 0 radical (unpaired) electrons. The van der Waals surface area contributed by atoms with Crippen molar-refractivity contribution >= 4 is 11.9 Å². The highest BCUT2D eigenvalue weighted by Crippen LogP contribution is 2.42. The molecule has 130 valence electrons. The summed E-state index contributed by atoms with van der Waals surface area (Å²) >= 11 is 0. The van der Waals surface area contributed by atoms with Crippen molar-refractivity contribution in [3.8, 4) is 0 Å². The van der Waals surface area contributed by atoms with Crippen molar-refractivity contribution in [2.24, 2.45) is 0 Å². The maximum absolute atomic E-state index is 12.9. The molecular weight excluding hydrogens is 311 g/mol. The van der Waals surface area contributed by atoms with Crippen LogP contribution in [0.15, 0.2) is 0 Å². The number of amides is 3. The van der Waals surface area contributed by atoms with Gasteiger partial charge in [-0.1, -0.05) is 13.3 Å². The van der Waals surface area contributed by atoms with Gasteiger partial charge in [0.15, 0.2) is 0 Å². The van der Waals surface area contributed by atoms with Crippen molar-refractivity contribution < 1.29 is 22.8 Å². The Morgan fingerprint density at radius 2 is 2.00 bits per heavy atom. The molecule has 3 aliphatic heterocycles. The number of urea groups is 1. The summed E-state index contributed by atoms with van der Waals surface area (Å²) in [4.78, 5) is 29.7. The van der Waals surface area contributed by atoms with E-state index in [-0.39, 0.29) is 25.0 Å². The lowest BCUT2D eigenvalue weighted by molar-refractivity contribution is -0.144. The van der Waals surface area contributed by atoms with Crippen molar-refractivity contribution in [2.75, 3.05) is 26.2 Å². The van der Waals surface area contributed by atoms with Crippen molar-refractivity contribution in [1.29, 1.82) is 0 Å². The van der Waals surface area contributed by atoms with Gasteiger partial charge in [-0.3, -0.25) is 14.6 Å². The van der Waals surface area contributed by atoms with Gasteiger partial charge in [0.25, 0.3) is 5.91 Å². The van der Waals surface area contributed by atoms with Crippen LogP contribution in [0.1, 0.15) is 39.0 Å². The van der Waals surface area contributed by atoms with Crippen molar-refractivity contribution in [2.45, 2.75) is 56.8 Å². The molecule has 3 heterocycles. The predicted molar refractivity (Wildman–Crippen MR) is 76.7 cm³/mol. The minimum atomic E-state index is -4.25. The monoisotopic (exact) mass is 333 g/mol. The second kappa shape index (κ2) is 5.65. The Kier molecular flexibility index (Phi) is 4.06. The molecule has 2 atom stereocenters. The highest BCUT2D eigenvalue weighted by atomic mass is 19.4. The minimum absolute atomic E-state index is 0.118. The molecule has 8 heteroatoms. The number of alkyl halides is 3. The molecule has 0 unspecified atom stereocenters. The first-order chi connectivity index (χ1) is 10.8. The quantitative estimate of drug-likeness (QED) is 0.741. The molecule has 3 fully saturated rings. The standard InChI is InChI=1S/C15H22F3N3O2/c1-2-5-14-6-3-7-20(14)13(23)21(12(14)22)11-4-8-19(9-11)10-15(16,17)18/h11H,2-10H2,1H3/t11-,14+/m0/s1. The third kappa shape index (κ3) is 2.70. The lowest BCUT2D eigenvalue weighted by Gasteiger charge is -2.28. The van der Waals surface area contributed by atoms with E-state index in [0.29, 0.717) is 25.8 Å². The number of hydrogen-bond acceptors (Lipinski definition) is 3. The third-order valence-corrected chi connectivity index (χ3v) is 5.22. The van der Waals surface area contributed by atoms with Crippen LogP contribution in [0.4, 0.5) is 18.0 Å². The molecule has 3 rings (SSSR count). The fourth-order valence-electron chi connectivity index (χ4n) is 4.34. The van der Waals surface area contributed by atoms with E-state index in [1.165, 1.54) is 9.80 Å². The van der Waals surface area contributed by atoms with Crippen molar-refractivity contribution in [1.82, 2.24) is 14.7 Å². The molecule has 3 saturated heterocycles. The maximum atomic E-state index is 12.9. The van der Waals surface area contributed by atoms with Gasteiger partial charge in [-0.2, -0.15) is 13.2 Å². The fraction of sp³-hybridized carbons (Fsp3) is 0.867. The highest BCUT2D eigenvalue weighted by Gasteiger charge is 2.60. The van der Waals surface area contributed by atoms with E-state index in [1.807, 2.05) is 6.92 Å². The zero-order chi connectivity index (χ0) is 16.8. The number of carbonyl (C=O) groups is 2. The second-order valence-corrected chi connectivity index (χ2v) is 6.79. The zero-order valence-electron chi connectivity index (χ0n) is 13.2. The number of fused-ring (bicyclic) bond motifs is 1. The van der Waals surface area contributed by atoms with Crippen LogP contribution in [0, 0.1) is 0 Å². The van der Waals surface area contributed by atoms with E-state index in [4.69, 9.17) is 0 Å². The molecule has 0 spiro atoms. The molecule has 0 aromatic carbocycles. The van der Waals surface area contributed by atoms with Crippen LogP contribution in [0.25, 0.3) is 0 Å². The van der Waals surface area contributed by atoms with Crippen LogP contribution < -0.4 is 0 Å². The molecule has 0 aromatic heterocycles. The lowest BCUT2D eigenvalue weighted by Crippen LogP contribution is -2.47. The summed E-state index contributed by atoms with van der Waals surface area (Å²) in [6.07, 6.45) is -0.917. The first-order valence-corrected chi connectivity index (χ1v) is 8.23. The Morgan fingerprint density at radius 1 is 1.26 bits per heavy atom. The number of likely N-dealkylation sites (tertiary alicyclic amines) is 1. The van der Waals surface area contributed by atoms with Gasteiger partial charge in [0.05, 0.1) is 12.6 Å². The largest absolute Gasteiger partial charge is 0.401 e. The van der Waals surface area contributed by atoms with Gasteiger partial charge in [-0.05, 0) is 25.7 Å². The number of halogens is 3. The summed E-state index contributed by atoms with van der Waals surface area (Å²) in [5, 5.41) is 0. The number of carbonyl (C=O) groups excluding carboxylic acids is 2. The number of nitrogens with zero attached hydrogens (tertiary/aromatic N) is 3. The molecule has 0 saturated carbocycles. The Hall–Kier alpha value is -1.31. The van der Waals surface area contributed by atoms with E-state index in [9.17, 15) is 22.8 Å². The summed E-state index contributed by atoms with van der Waals surface area (Å²) in [7, 11) is 0. The summed E-state index contributed by atoms with van der Waals surface area (Å²) in [6, 6.07) is -0.739. The Balaban J connectivity index is 1.74. The van der Waals surface area contributed by atoms with Crippen molar-refractivity contribution in [3.05, 3.63) is 0 Å². The van der Waals surface area contributed by atoms with E-state index in [2.05, 4.69) is 0 Å². The van der Waals surface area contributed by atoms with E-state index in [1.54, 1.807) is 4.90 Å². The van der Waals surface area contributed by atoms with Crippen LogP contribution in [-0.4, -0.2) is 70.6 Å². The van der Waals surface area contributed by atoms with Gasteiger partial charge in [-0.15, -0.1) is 0 Å². The number of imide groups is 1. The van der Waals surface area contributed by atoms with Gasteiger partial charge in [0, 0.05) is 19.6 Å². The molecule has 3 aliphatic rings. The summed E-state index contributed by atoms with van der Waals surface area (Å²) in [5.74, 6) is -0.194. The third-order valence-electron chi connectivity index (χ3n) is 5.22. The summed E-state index contributed by atoms with van der Waals surface area (Å²) in [5.41, 5.74) is -0.733. The topological polar surface area (TPSA) is 43.9 Å². The Morgan fingerprint density at radius 3 is 2.65 bits per heavy atom. The van der Waals surface area contributed by atoms with Crippen LogP contribution in [0.5, 0.6) is 0 Å². The van der Waals surface area contributed by atoms with Gasteiger partial charge in [0.2, 0.25) is 0 Å². The number of hydrogen-bond donors (Lipinski definition) is 0. The minimum Gasteiger partial charge on any atom is -0.310 e. The second-order valence-electron chi connectivity index (χ2n) is 6.79. The maximum Gasteiger partial charge on any atom is 0.401 e. The van der Waals surface area contributed by atoms with E-state index < -0.39 is 24.3 Å². The molecular formula is C15H22F3N3O2. The number of rotatable bonds is 4. The first kappa shape index (κ1) is 16.5. The van der Waals surface area contributed by atoms with Gasteiger partial charge in [0.1, 0.15) is 5.54 Å². The normalized spacial score (nSPS) is 32.3. The predicted octanol–water partition coefficient (Wildman–Crippen LogP) is 2.22.